The highest BCUT2D eigenvalue weighted by atomic mass is 16.5. The molecule has 0 atom stereocenters. The van der Waals surface area contributed by atoms with E-state index in [2.05, 4.69) is 0 Å². The van der Waals surface area contributed by atoms with Crippen LogP contribution in [0.25, 0.3) is 0 Å². The summed E-state index contributed by atoms with van der Waals surface area (Å²) < 4.78 is 5.24. The third kappa shape index (κ3) is 3.77. The zero-order valence-corrected chi connectivity index (χ0v) is 8.28. The second-order valence-corrected chi connectivity index (χ2v) is 3.11. The summed E-state index contributed by atoms with van der Waals surface area (Å²) in [7, 11) is 0. The van der Waals surface area contributed by atoms with Crippen molar-refractivity contribution < 1.29 is 9.84 Å². The fraction of sp³-hybridized carbons (Fsp3) is 0.455. The number of hydrogen-bond donors (Lipinski definition) is 2. The highest BCUT2D eigenvalue weighted by molar-refractivity contribution is 5.27. The number of rotatable bonds is 6. The molecule has 1 aromatic rings. The Bertz CT molecular complexity index is 219. The molecule has 3 heteroatoms. The molecule has 0 aliphatic heterocycles. The molecule has 0 aromatic heterocycles. The largest absolute Gasteiger partial charge is 0.491 e. The minimum absolute atomic E-state index is 0.0505. The zero-order chi connectivity index (χ0) is 10.2. The first kappa shape index (κ1) is 11.0. The molecule has 14 heavy (non-hydrogen) atoms. The molecule has 0 unspecified atom stereocenters. The highest BCUT2D eigenvalue weighted by Crippen LogP contribution is 2.12. The number of hydrogen-bond acceptors (Lipinski definition) is 3. The maximum atomic E-state index is 8.56. The summed E-state index contributed by atoms with van der Waals surface area (Å²) in [6.45, 7) is 1.12. The van der Waals surface area contributed by atoms with Crippen LogP contribution in [0.5, 0.6) is 5.75 Å². The van der Waals surface area contributed by atoms with Crippen molar-refractivity contribution >= 4 is 0 Å². The van der Waals surface area contributed by atoms with Gasteiger partial charge in [-0.05, 0) is 37.1 Å². The fourth-order valence-electron chi connectivity index (χ4n) is 1.22. The van der Waals surface area contributed by atoms with Gasteiger partial charge in [0.1, 0.15) is 12.4 Å². The predicted molar refractivity (Wildman–Crippen MR) is 56.4 cm³/mol. The van der Waals surface area contributed by atoms with Gasteiger partial charge in [-0.15, -0.1) is 0 Å². The Morgan fingerprint density at radius 2 is 1.93 bits per heavy atom. The van der Waals surface area contributed by atoms with Gasteiger partial charge >= 0.3 is 0 Å². The first-order chi connectivity index (χ1) is 6.86. The Balaban J connectivity index is 2.42. The van der Waals surface area contributed by atoms with Gasteiger partial charge in [-0.25, -0.2) is 0 Å². The molecular weight excluding hydrogens is 178 g/mol. The van der Waals surface area contributed by atoms with E-state index in [9.17, 15) is 0 Å². The van der Waals surface area contributed by atoms with Crippen LogP contribution in [-0.2, 0) is 6.42 Å². The molecule has 0 radical (unpaired) electrons. The number of benzene rings is 1. The molecule has 0 saturated heterocycles. The molecule has 1 rings (SSSR count). The Morgan fingerprint density at radius 1 is 1.21 bits per heavy atom. The molecular formula is C11H17NO2. The normalized spacial score (nSPS) is 10.1. The molecule has 78 valence electrons. The average molecular weight is 195 g/mol. The van der Waals surface area contributed by atoms with Gasteiger partial charge in [0.05, 0.1) is 6.61 Å². The lowest BCUT2D eigenvalue weighted by Crippen LogP contribution is -2.02. The standard InChI is InChI=1S/C11H17NO2/c12-7-1-2-10-3-5-11(6-4-10)14-9-8-13/h3-6,13H,1-2,7-9,12H2. The van der Waals surface area contributed by atoms with Gasteiger partial charge in [-0.1, -0.05) is 12.1 Å². The second kappa shape index (κ2) is 6.40. The van der Waals surface area contributed by atoms with Crippen LogP contribution in [0.15, 0.2) is 24.3 Å². The zero-order valence-electron chi connectivity index (χ0n) is 8.28. The summed E-state index contributed by atoms with van der Waals surface area (Å²) in [4.78, 5) is 0. The van der Waals surface area contributed by atoms with Crippen molar-refractivity contribution in [2.24, 2.45) is 5.73 Å². The van der Waals surface area contributed by atoms with E-state index in [0.717, 1.165) is 25.1 Å². The maximum absolute atomic E-state index is 8.56. The third-order valence-electron chi connectivity index (χ3n) is 1.95. The van der Waals surface area contributed by atoms with E-state index < -0.39 is 0 Å². The Labute approximate surface area is 84.5 Å². The van der Waals surface area contributed by atoms with Crippen LogP contribution >= 0.6 is 0 Å². The van der Waals surface area contributed by atoms with Crippen LogP contribution in [0.4, 0.5) is 0 Å². The molecule has 0 amide bonds. The molecule has 1 aromatic carbocycles. The van der Waals surface area contributed by atoms with Gasteiger partial charge in [0, 0.05) is 0 Å². The third-order valence-corrected chi connectivity index (χ3v) is 1.95. The van der Waals surface area contributed by atoms with Crippen molar-refractivity contribution in [2.75, 3.05) is 19.8 Å². The lowest BCUT2D eigenvalue weighted by molar-refractivity contribution is 0.201. The summed E-state index contributed by atoms with van der Waals surface area (Å²) >= 11 is 0. The van der Waals surface area contributed by atoms with Gasteiger partial charge in [0.25, 0.3) is 0 Å². The summed E-state index contributed by atoms with van der Waals surface area (Å²) in [5, 5.41) is 8.56. The number of aryl methyl sites for hydroxylation is 1. The van der Waals surface area contributed by atoms with Crippen LogP contribution in [0.3, 0.4) is 0 Å². The maximum Gasteiger partial charge on any atom is 0.119 e. The molecule has 3 nitrogen and oxygen atoms in total. The lowest BCUT2D eigenvalue weighted by Gasteiger charge is -2.05. The van der Waals surface area contributed by atoms with Crippen LogP contribution in [0.1, 0.15) is 12.0 Å². The lowest BCUT2D eigenvalue weighted by atomic mass is 10.1. The summed E-state index contributed by atoms with van der Waals surface area (Å²) in [6.07, 6.45) is 2.02. The molecule has 0 heterocycles. The second-order valence-electron chi connectivity index (χ2n) is 3.11. The van der Waals surface area contributed by atoms with E-state index in [1.54, 1.807) is 0 Å². The van der Waals surface area contributed by atoms with Crippen LogP contribution < -0.4 is 10.5 Å². The van der Waals surface area contributed by atoms with Crippen molar-refractivity contribution in [1.29, 1.82) is 0 Å². The minimum atomic E-state index is 0.0505. The summed E-state index contributed by atoms with van der Waals surface area (Å²) in [6, 6.07) is 7.90. The first-order valence-corrected chi connectivity index (χ1v) is 4.89. The molecule has 0 spiro atoms. The predicted octanol–water partition coefficient (Wildman–Crippen LogP) is 0.949. The molecule has 3 N–H and O–H groups in total. The highest BCUT2D eigenvalue weighted by Gasteiger charge is 1.94. The topological polar surface area (TPSA) is 55.5 Å². The summed E-state index contributed by atoms with van der Waals surface area (Å²) in [5.41, 5.74) is 6.69. The van der Waals surface area contributed by atoms with Gasteiger partial charge in [-0.3, -0.25) is 0 Å². The molecule has 0 saturated carbocycles. The number of nitrogens with two attached hydrogens (primary N) is 1. The fourth-order valence-corrected chi connectivity index (χ4v) is 1.22. The first-order valence-electron chi connectivity index (χ1n) is 4.89. The molecule has 0 fully saturated rings. The Hall–Kier alpha value is -1.06. The van der Waals surface area contributed by atoms with Crippen LogP contribution in [0, 0.1) is 0 Å². The van der Waals surface area contributed by atoms with E-state index in [-0.39, 0.29) is 6.61 Å². The van der Waals surface area contributed by atoms with Gasteiger partial charge in [0.15, 0.2) is 0 Å². The van der Waals surface area contributed by atoms with Crippen molar-refractivity contribution in [3.8, 4) is 5.75 Å². The smallest absolute Gasteiger partial charge is 0.119 e. The van der Waals surface area contributed by atoms with Crippen LogP contribution in [0.2, 0.25) is 0 Å². The average Bonchev–Trinajstić information content (AvgIpc) is 2.25. The van der Waals surface area contributed by atoms with Crippen molar-refractivity contribution in [3.05, 3.63) is 29.8 Å². The monoisotopic (exact) mass is 195 g/mol. The summed E-state index contributed by atoms with van der Waals surface area (Å²) in [5.74, 6) is 0.801. The SMILES string of the molecule is NCCCc1ccc(OCCO)cc1. The molecule has 0 aliphatic carbocycles. The van der Waals surface area contributed by atoms with E-state index >= 15 is 0 Å². The number of aliphatic hydroxyl groups is 1. The Kier molecular flexibility index (Phi) is 5.04. The Morgan fingerprint density at radius 3 is 2.50 bits per heavy atom. The molecule has 0 aliphatic rings. The minimum Gasteiger partial charge on any atom is -0.491 e. The number of aliphatic hydroxyl groups excluding tert-OH is 1. The van der Waals surface area contributed by atoms with Crippen molar-refractivity contribution in [3.63, 3.8) is 0 Å². The van der Waals surface area contributed by atoms with E-state index in [1.165, 1.54) is 5.56 Å². The quantitative estimate of drug-likeness (QED) is 0.710. The van der Waals surface area contributed by atoms with E-state index in [1.807, 2.05) is 24.3 Å². The van der Waals surface area contributed by atoms with Crippen molar-refractivity contribution in [2.45, 2.75) is 12.8 Å². The van der Waals surface area contributed by atoms with E-state index in [0.29, 0.717) is 6.61 Å². The van der Waals surface area contributed by atoms with E-state index in [4.69, 9.17) is 15.6 Å². The van der Waals surface area contributed by atoms with Gasteiger partial charge in [-0.2, -0.15) is 0 Å². The van der Waals surface area contributed by atoms with Gasteiger partial charge in [0.2, 0.25) is 0 Å². The van der Waals surface area contributed by atoms with Crippen molar-refractivity contribution in [1.82, 2.24) is 0 Å². The van der Waals surface area contributed by atoms with Gasteiger partial charge < -0.3 is 15.6 Å². The van der Waals surface area contributed by atoms with Crippen LogP contribution in [-0.4, -0.2) is 24.9 Å². The number of ether oxygens (including phenoxy) is 1. The molecule has 0 bridgehead atoms.